The van der Waals surface area contributed by atoms with Crippen LogP contribution in [0.2, 0.25) is 5.02 Å². The van der Waals surface area contributed by atoms with Gasteiger partial charge in [-0.3, -0.25) is 10.1 Å². The van der Waals surface area contributed by atoms with Crippen molar-refractivity contribution in [3.8, 4) is 0 Å². The molecule has 1 heterocycles. The molecule has 7 nitrogen and oxygen atoms in total. The summed E-state index contributed by atoms with van der Waals surface area (Å²) in [5.74, 6) is -0.906. The van der Waals surface area contributed by atoms with E-state index in [0.717, 1.165) is 0 Å². The molecule has 3 amide bonds. The van der Waals surface area contributed by atoms with E-state index in [9.17, 15) is 18.0 Å². The van der Waals surface area contributed by atoms with Crippen molar-refractivity contribution in [2.75, 3.05) is 0 Å². The lowest BCUT2D eigenvalue weighted by Crippen LogP contribution is -2.53. The fourth-order valence-corrected chi connectivity index (χ4v) is 3.35. The van der Waals surface area contributed by atoms with Crippen LogP contribution < -0.4 is 10.0 Å². The Morgan fingerprint density at radius 2 is 1.90 bits per heavy atom. The predicted octanol–water partition coefficient (Wildman–Crippen LogP) is 0.839. The second kappa shape index (κ2) is 5.92. The number of amides is 3. The second-order valence-electron chi connectivity index (χ2n) is 4.42. The molecule has 9 heteroatoms. The minimum absolute atomic E-state index is 0.00447. The van der Waals surface area contributed by atoms with Gasteiger partial charge in [0.2, 0.25) is 10.0 Å². The number of imide groups is 1. The van der Waals surface area contributed by atoms with Crippen molar-refractivity contribution in [1.29, 1.82) is 0 Å². The fourth-order valence-electron chi connectivity index (χ4n) is 1.84. The molecule has 0 radical (unpaired) electrons. The normalized spacial score (nSPS) is 19.1. The van der Waals surface area contributed by atoms with E-state index < -0.39 is 27.2 Å². The summed E-state index contributed by atoms with van der Waals surface area (Å²) >= 11 is 5.74. The topological polar surface area (TPSA) is 105 Å². The van der Waals surface area contributed by atoms with E-state index in [1.54, 1.807) is 24.3 Å². The van der Waals surface area contributed by atoms with Gasteiger partial charge in [0.1, 0.15) is 0 Å². The highest BCUT2D eigenvalue weighted by Gasteiger charge is 2.39. The first-order valence-electron chi connectivity index (χ1n) is 5.92. The summed E-state index contributed by atoms with van der Waals surface area (Å²) in [6.07, 6.45) is 0. The fraction of sp³-hybridized carbons (Fsp3) is 0.250. The number of sulfonamides is 1. The minimum Gasteiger partial charge on any atom is -0.275 e. The predicted molar refractivity (Wildman–Crippen MR) is 77.6 cm³/mol. The molecule has 0 bridgehead atoms. The maximum absolute atomic E-state index is 12.2. The van der Waals surface area contributed by atoms with Crippen molar-refractivity contribution in [3.63, 3.8) is 0 Å². The molecule has 1 aromatic rings. The largest absolute Gasteiger partial charge is 0.347 e. The van der Waals surface area contributed by atoms with Crippen LogP contribution in [-0.2, 0) is 21.4 Å². The Morgan fingerprint density at radius 3 is 2.48 bits per heavy atom. The monoisotopic (exact) mass is 329 g/mol. The van der Waals surface area contributed by atoms with E-state index >= 15 is 0 Å². The van der Waals surface area contributed by atoms with E-state index in [2.05, 4.69) is 9.71 Å². The van der Waals surface area contributed by atoms with Gasteiger partial charge in [-0.05, 0) is 24.6 Å². The average molecular weight is 330 g/mol. The number of hydrogen-bond donors (Lipinski definition) is 2. The van der Waals surface area contributed by atoms with E-state index in [1.165, 1.54) is 6.92 Å². The summed E-state index contributed by atoms with van der Waals surface area (Å²) in [4.78, 5) is 26.1. The number of halogens is 1. The SMILES string of the molecule is CC1=NC(=O)NC(=O)C1S(=O)(=O)NCc1ccc(Cl)cc1. The zero-order chi connectivity index (χ0) is 15.6. The number of carbonyl (C=O) groups is 2. The maximum Gasteiger partial charge on any atom is 0.347 e. The summed E-state index contributed by atoms with van der Waals surface area (Å²) in [7, 11) is -3.99. The number of nitrogens with one attached hydrogen (secondary N) is 2. The van der Waals surface area contributed by atoms with Crippen LogP contribution >= 0.6 is 11.6 Å². The number of rotatable bonds is 4. The van der Waals surface area contributed by atoms with Crippen LogP contribution in [-0.4, -0.2) is 31.3 Å². The highest BCUT2D eigenvalue weighted by molar-refractivity contribution is 7.91. The minimum atomic E-state index is -3.99. The standard InChI is InChI=1S/C12H12ClN3O4S/c1-7-10(11(17)16-12(18)15-7)21(19,20)14-6-8-2-4-9(13)5-3-8/h2-5,10,14H,6H2,1H3,(H,16,17,18). The molecule has 1 aliphatic rings. The Bertz CT molecular complexity index is 713. The van der Waals surface area contributed by atoms with E-state index in [0.29, 0.717) is 10.6 Å². The number of hydrogen-bond acceptors (Lipinski definition) is 4. The number of nitrogens with zero attached hydrogens (tertiary/aromatic N) is 1. The van der Waals surface area contributed by atoms with Crippen molar-refractivity contribution in [2.45, 2.75) is 18.7 Å². The molecule has 0 spiro atoms. The Kier molecular flexibility index (Phi) is 4.40. The maximum atomic E-state index is 12.2. The molecule has 0 saturated heterocycles. The summed E-state index contributed by atoms with van der Waals surface area (Å²) in [6, 6.07) is 5.72. The lowest BCUT2D eigenvalue weighted by molar-refractivity contribution is -0.118. The Balaban J connectivity index is 2.15. The van der Waals surface area contributed by atoms with Crippen molar-refractivity contribution in [3.05, 3.63) is 34.9 Å². The Morgan fingerprint density at radius 1 is 1.29 bits per heavy atom. The lowest BCUT2D eigenvalue weighted by atomic mass is 10.2. The van der Waals surface area contributed by atoms with Gasteiger partial charge >= 0.3 is 6.03 Å². The van der Waals surface area contributed by atoms with Crippen LogP contribution in [0.15, 0.2) is 29.3 Å². The van der Waals surface area contributed by atoms with Gasteiger partial charge in [-0.15, -0.1) is 0 Å². The highest BCUT2D eigenvalue weighted by atomic mass is 35.5. The van der Waals surface area contributed by atoms with Crippen molar-refractivity contribution in [1.82, 2.24) is 10.0 Å². The molecule has 1 unspecified atom stereocenters. The van der Waals surface area contributed by atoms with Crippen LogP contribution in [0.4, 0.5) is 4.79 Å². The average Bonchev–Trinajstić information content (AvgIpc) is 2.36. The van der Waals surface area contributed by atoms with Crippen LogP contribution in [0.1, 0.15) is 12.5 Å². The van der Waals surface area contributed by atoms with Crippen molar-refractivity contribution in [2.24, 2.45) is 4.99 Å². The van der Waals surface area contributed by atoms with Gasteiger partial charge in [-0.1, -0.05) is 23.7 Å². The van der Waals surface area contributed by atoms with E-state index in [-0.39, 0.29) is 12.3 Å². The third kappa shape index (κ3) is 3.66. The molecule has 0 aromatic heterocycles. The Labute approximate surface area is 126 Å². The number of carbonyl (C=O) groups excluding carboxylic acids is 2. The van der Waals surface area contributed by atoms with Crippen LogP contribution in [0, 0.1) is 0 Å². The van der Waals surface area contributed by atoms with E-state index in [4.69, 9.17) is 11.6 Å². The molecule has 21 heavy (non-hydrogen) atoms. The van der Waals surface area contributed by atoms with Gasteiger partial charge in [0.05, 0.1) is 0 Å². The smallest absolute Gasteiger partial charge is 0.275 e. The molecular weight excluding hydrogens is 318 g/mol. The summed E-state index contributed by atoms with van der Waals surface area (Å²) in [5.41, 5.74) is 0.622. The summed E-state index contributed by atoms with van der Waals surface area (Å²) < 4.78 is 26.6. The molecule has 1 aromatic carbocycles. The Hall–Kier alpha value is -1.77. The highest BCUT2D eigenvalue weighted by Crippen LogP contribution is 2.11. The third-order valence-corrected chi connectivity index (χ3v) is 4.80. The summed E-state index contributed by atoms with van der Waals surface area (Å²) in [6.45, 7) is 1.33. The molecule has 2 rings (SSSR count). The van der Waals surface area contributed by atoms with Crippen molar-refractivity contribution < 1.29 is 18.0 Å². The first kappa shape index (κ1) is 15.6. The van der Waals surface area contributed by atoms with Gasteiger partial charge in [0, 0.05) is 17.3 Å². The number of benzene rings is 1. The first-order chi connectivity index (χ1) is 9.79. The quantitative estimate of drug-likeness (QED) is 0.853. The number of urea groups is 1. The lowest BCUT2D eigenvalue weighted by Gasteiger charge is -2.20. The molecule has 0 aliphatic carbocycles. The first-order valence-corrected chi connectivity index (χ1v) is 7.85. The van der Waals surface area contributed by atoms with Gasteiger partial charge in [0.25, 0.3) is 5.91 Å². The van der Waals surface area contributed by atoms with E-state index in [1.807, 2.05) is 5.32 Å². The molecule has 0 fully saturated rings. The molecule has 1 aliphatic heterocycles. The third-order valence-electron chi connectivity index (χ3n) is 2.83. The molecule has 0 saturated carbocycles. The zero-order valence-electron chi connectivity index (χ0n) is 11.0. The van der Waals surface area contributed by atoms with Gasteiger partial charge in [-0.25, -0.2) is 22.9 Å². The van der Waals surface area contributed by atoms with Crippen LogP contribution in [0.5, 0.6) is 0 Å². The van der Waals surface area contributed by atoms with Gasteiger partial charge in [0.15, 0.2) is 5.25 Å². The summed E-state index contributed by atoms with van der Waals surface area (Å²) in [5, 5.41) is 0.895. The number of aliphatic imine (C=N–C) groups is 1. The van der Waals surface area contributed by atoms with Gasteiger partial charge in [-0.2, -0.15) is 0 Å². The van der Waals surface area contributed by atoms with Crippen LogP contribution in [0.3, 0.4) is 0 Å². The molecule has 2 N–H and O–H groups in total. The molecular formula is C12H12ClN3O4S. The van der Waals surface area contributed by atoms with Crippen molar-refractivity contribution >= 4 is 39.3 Å². The van der Waals surface area contributed by atoms with Crippen LogP contribution in [0.25, 0.3) is 0 Å². The molecule has 112 valence electrons. The zero-order valence-corrected chi connectivity index (χ0v) is 12.5. The second-order valence-corrected chi connectivity index (χ2v) is 6.71. The molecule has 1 atom stereocenters. The van der Waals surface area contributed by atoms with Gasteiger partial charge < -0.3 is 0 Å².